The van der Waals surface area contributed by atoms with Gasteiger partial charge in [-0.05, 0) is 54.6 Å². The van der Waals surface area contributed by atoms with E-state index in [-0.39, 0.29) is 6.61 Å². The molecule has 0 fully saturated rings. The number of carbonyl (C=O) groups excluding carboxylic acids is 1. The van der Waals surface area contributed by atoms with E-state index in [0.29, 0.717) is 19.0 Å². The molecular formula is C22H22N2O4. The Morgan fingerprint density at radius 2 is 1.93 bits per heavy atom. The number of aryl methyl sites for hydroxylation is 2. The smallest absolute Gasteiger partial charge is 0.337 e. The second-order valence-corrected chi connectivity index (χ2v) is 6.77. The van der Waals surface area contributed by atoms with Crippen LogP contribution in [0.4, 0.5) is 0 Å². The number of aromatic nitrogens is 2. The average Bonchev–Trinajstić information content (AvgIpc) is 3.09. The molecule has 4 rings (SSSR count). The molecule has 0 radical (unpaired) electrons. The van der Waals surface area contributed by atoms with Gasteiger partial charge < -0.3 is 19.2 Å². The molecule has 0 aliphatic carbocycles. The molecule has 6 heteroatoms. The summed E-state index contributed by atoms with van der Waals surface area (Å²) in [7, 11) is 1.58. The van der Waals surface area contributed by atoms with Crippen molar-refractivity contribution in [3.8, 4) is 5.75 Å². The SMILES string of the molecule is COCCOCC(=O)Oc1ccc2[nH]c3c(C)c4ccncc4c(C)c3c2c1. The lowest BCUT2D eigenvalue weighted by atomic mass is 9.97. The van der Waals surface area contributed by atoms with Crippen molar-refractivity contribution in [2.75, 3.05) is 26.9 Å². The summed E-state index contributed by atoms with van der Waals surface area (Å²) in [5.74, 6) is 0.0647. The van der Waals surface area contributed by atoms with Crippen LogP contribution in [0, 0.1) is 13.8 Å². The highest BCUT2D eigenvalue weighted by Gasteiger charge is 2.15. The minimum Gasteiger partial charge on any atom is -0.425 e. The first kappa shape index (κ1) is 18.4. The normalized spacial score (nSPS) is 11.5. The van der Waals surface area contributed by atoms with Gasteiger partial charge in [-0.25, -0.2) is 4.79 Å². The van der Waals surface area contributed by atoms with E-state index >= 15 is 0 Å². The van der Waals surface area contributed by atoms with Gasteiger partial charge in [0.1, 0.15) is 12.4 Å². The van der Waals surface area contributed by atoms with Crippen LogP contribution in [0.25, 0.3) is 32.6 Å². The van der Waals surface area contributed by atoms with Crippen LogP contribution in [0.5, 0.6) is 5.75 Å². The second kappa shape index (κ2) is 7.58. The van der Waals surface area contributed by atoms with Gasteiger partial charge in [0, 0.05) is 41.2 Å². The molecule has 0 bridgehead atoms. The Bertz CT molecular complexity index is 1180. The molecular weight excluding hydrogens is 356 g/mol. The lowest BCUT2D eigenvalue weighted by Gasteiger charge is -2.08. The van der Waals surface area contributed by atoms with Crippen molar-refractivity contribution in [3.05, 3.63) is 47.8 Å². The van der Waals surface area contributed by atoms with E-state index in [0.717, 1.165) is 32.8 Å². The predicted octanol–water partition coefficient (Wildman–Crippen LogP) is 4.05. The Balaban J connectivity index is 1.73. The summed E-state index contributed by atoms with van der Waals surface area (Å²) >= 11 is 0. The molecule has 28 heavy (non-hydrogen) atoms. The van der Waals surface area contributed by atoms with Crippen molar-refractivity contribution in [2.24, 2.45) is 0 Å². The molecule has 144 valence electrons. The van der Waals surface area contributed by atoms with Crippen LogP contribution < -0.4 is 4.74 Å². The fourth-order valence-corrected chi connectivity index (χ4v) is 3.65. The number of carbonyl (C=O) groups is 1. The molecule has 2 heterocycles. The number of benzene rings is 2. The van der Waals surface area contributed by atoms with Crippen molar-refractivity contribution in [2.45, 2.75) is 13.8 Å². The number of ether oxygens (including phenoxy) is 3. The minimum atomic E-state index is -0.433. The van der Waals surface area contributed by atoms with Crippen LogP contribution in [-0.4, -0.2) is 42.9 Å². The highest BCUT2D eigenvalue weighted by Crippen LogP contribution is 2.37. The number of H-pyrrole nitrogens is 1. The first-order valence-electron chi connectivity index (χ1n) is 9.16. The number of aromatic amines is 1. The fourth-order valence-electron chi connectivity index (χ4n) is 3.65. The number of pyridine rings is 1. The second-order valence-electron chi connectivity index (χ2n) is 6.77. The van der Waals surface area contributed by atoms with Crippen molar-refractivity contribution in [3.63, 3.8) is 0 Å². The summed E-state index contributed by atoms with van der Waals surface area (Å²) in [6, 6.07) is 7.66. The summed E-state index contributed by atoms with van der Waals surface area (Å²) < 4.78 is 15.6. The van der Waals surface area contributed by atoms with Crippen LogP contribution >= 0.6 is 0 Å². The maximum atomic E-state index is 12.0. The number of hydrogen-bond donors (Lipinski definition) is 1. The van der Waals surface area contributed by atoms with Gasteiger partial charge in [-0.15, -0.1) is 0 Å². The van der Waals surface area contributed by atoms with Gasteiger partial charge in [0.2, 0.25) is 0 Å². The summed E-state index contributed by atoms with van der Waals surface area (Å²) in [5, 5.41) is 4.46. The topological polar surface area (TPSA) is 73.4 Å². The zero-order valence-electron chi connectivity index (χ0n) is 16.2. The van der Waals surface area contributed by atoms with Crippen LogP contribution in [0.2, 0.25) is 0 Å². The molecule has 0 saturated carbocycles. The van der Waals surface area contributed by atoms with E-state index in [1.807, 2.05) is 30.6 Å². The number of rotatable bonds is 6. The maximum absolute atomic E-state index is 12.0. The molecule has 2 aromatic carbocycles. The van der Waals surface area contributed by atoms with Crippen LogP contribution in [-0.2, 0) is 14.3 Å². The number of methoxy groups -OCH3 is 1. The first-order valence-corrected chi connectivity index (χ1v) is 9.16. The van der Waals surface area contributed by atoms with Crippen molar-refractivity contribution in [1.82, 2.24) is 9.97 Å². The third-order valence-corrected chi connectivity index (χ3v) is 5.03. The predicted molar refractivity (Wildman–Crippen MR) is 109 cm³/mol. The van der Waals surface area contributed by atoms with E-state index < -0.39 is 5.97 Å². The molecule has 2 aromatic heterocycles. The van der Waals surface area contributed by atoms with Gasteiger partial charge in [-0.1, -0.05) is 0 Å². The highest BCUT2D eigenvalue weighted by molar-refractivity contribution is 6.16. The van der Waals surface area contributed by atoms with Gasteiger partial charge in [0.05, 0.1) is 18.7 Å². The molecule has 0 unspecified atom stereocenters. The van der Waals surface area contributed by atoms with E-state index in [4.69, 9.17) is 14.2 Å². The standard InChI is InChI=1S/C22H22N2O4/c1-13-18-11-23-7-6-16(18)14(2)22-21(13)17-10-15(4-5-19(17)24-22)28-20(25)12-27-9-8-26-3/h4-7,10-11,24H,8-9,12H2,1-3H3. The minimum absolute atomic E-state index is 0.107. The molecule has 0 aliphatic rings. The largest absolute Gasteiger partial charge is 0.425 e. The van der Waals surface area contributed by atoms with Crippen molar-refractivity contribution < 1.29 is 19.0 Å². The summed E-state index contributed by atoms with van der Waals surface area (Å²) in [4.78, 5) is 19.8. The van der Waals surface area contributed by atoms with Crippen molar-refractivity contribution in [1.29, 1.82) is 0 Å². The quantitative estimate of drug-likeness (QED) is 0.311. The maximum Gasteiger partial charge on any atom is 0.337 e. The summed E-state index contributed by atoms with van der Waals surface area (Å²) in [6.45, 7) is 4.89. The van der Waals surface area contributed by atoms with Gasteiger partial charge >= 0.3 is 5.97 Å². The third kappa shape index (κ3) is 3.21. The number of nitrogens with zero attached hydrogens (tertiary/aromatic N) is 1. The van der Waals surface area contributed by atoms with E-state index in [1.54, 1.807) is 13.2 Å². The third-order valence-electron chi connectivity index (χ3n) is 5.03. The zero-order chi connectivity index (χ0) is 19.7. The Hall–Kier alpha value is -2.96. The monoisotopic (exact) mass is 378 g/mol. The van der Waals surface area contributed by atoms with E-state index in [1.165, 1.54) is 10.9 Å². The van der Waals surface area contributed by atoms with Gasteiger partial charge in [0.15, 0.2) is 0 Å². The number of nitrogens with one attached hydrogen (secondary N) is 1. The molecule has 0 aliphatic heterocycles. The molecule has 0 saturated heterocycles. The summed E-state index contributed by atoms with van der Waals surface area (Å²) in [5.41, 5.74) is 4.43. The van der Waals surface area contributed by atoms with Crippen LogP contribution in [0.1, 0.15) is 11.1 Å². The Morgan fingerprint density at radius 1 is 1.07 bits per heavy atom. The lowest BCUT2D eigenvalue weighted by Crippen LogP contribution is -2.17. The number of esters is 1. The molecule has 0 atom stereocenters. The first-order chi connectivity index (χ1) is 13.6. The molecule has 0 spiro atoms. The zero-order valence-corrected chi connectivity index (χ0v) is 16.2. The highest BCUT2D eigenvalue weighted by atomic mass is 16.6. The average molecular weight is 378 g/mol. The molecule has 0 amide bonds. The van der Waals surface area contributed by atoms with Gasteiger partial charge in [-0.2, -0.15) is 0 Å². The van der Waals surface area contributed by atoms with Crippen LogP contribution in [0.3, 0.4) is 0 Å². The molecule has 1 N–H and O–H groups in total. The summed E-state index contributed by atoms with van der Waals surface area (Å²) in [6.07, 6.45) is 3.71. The van der Waals surface area contributed by atoms with Crippen LogP contribution in [0.15, 0.2) is 36.7 Å². The Labute approximate surface area is 162 Å². The molecule has 6 nitrogen and oxygen atoms in total. The van der Waals surface area contributed by atoms with Gasteiger partial charge in [0.25, 0.3) is 0 Å². The van der Waals surface area contributed by atoms with E-state index in [2.05, 4.69) is 23.8 Å². The number of hydrogen-bond acceptors (Lipinski definition) is 5. The van der Waals surface area contributed by atoms with Crippen molar-refractivity contribution >= 4 is 38.5 Å². The van der Waals surface area contributed by atoms with E-state index in [9.17, 15) is 4.79 Å². The lowest BCUT2D eigenvalue weighted by molar-refractivity contribution is -0.139. The van der Waals surface area contributed by atoms with Gasteiger partial charge in [-0.3, -0.25) is 4.98 Å². The molecule has 4 aromatic rings. The fraction of sp³-hybridized carbons (Fsp3) is 0.273. The Morgan fingerprint density at radius 3 is 2.75 bits per heavy atom. The Kier molecular flexibility index (Phi) is 4.98. The number of fused-ring (bicyclic) bond motifs is 4.